The Kier molecular flexibility index (Phi) is 2.95. The van der Waals surface area contributed by atoms with Gasteiger partial charge in [-0.05, 0) is 35.0 Å². The third kappa shape index (κ3) is 2.07. The van der Waals surface area contributed by atoms with E-state index in [1.165, 1.54) is 5.39 Å². The molecule has 0 aliphatic rings. The summed E-state index contributed by atoms with van der Waals surface area (Å²) < 4.78 is 12.4. The second-order valence-electron chi connectivity index (χ2n) is 4.09. The van der Waals surface area contributed by atoms with Crippen molar-refractivity contribution in [3.8, 4) is 0 Å². The van der Waals surface area contributed by atoms with Gasteiger partial charge in [-0.15, -0.1) is 0 Å². The average molecular weight is 252 g/mol. The van der Waals surface area contributed by atoms with E-state index in [4.69, 9.17) is 0 Å². The summed E-state index contributed by atoms with van der Waals surface area (Å²) in [5, 5.41) is 2.30. The van der Waals surface area contributed by atoms with Gasteiger partial charge in [0.05, 0.1) is 10.8 Å². The van der Waals surface area contributed by atoms with Crippen molar-refractivity contribution >= 4 is 21.6 Å². The van der Waals surface area contributed by atoms with Gasteiger partial charge in [0.2, 0.25) is 0 Å². The minimum Gasteiger partial charge on any atom is -0.249 e. The molecule has 0 amide bonds. The maximum Gasteiger partial charge on any atom is 0.0849 e. The van der Waals surface area contributed by atoms with Gasteiger partial charge in [0.15, 0.2) is 0 Å². The monoisotopic (exact) mass is 252 g/mol. The van der Waals surface area contributed by atoms with Crippen LogP contribution in [0.5, 0.6) is 0 Å². The molecule has 88 valence electrons. The highest BCUT2D eigenvalue weighted by atomic mass is 32.2. The van der Waals surface area contributed by atoms with Gasteiger partial charge in [0, 0.05) is 9.79 Å². The molecule has 0 aromatic heterocycles. The standard InChI is InChI=1S/C16H12OS/c17-18(15-8-2-1-3-9-15)16-11-10-13-6-4-5-7-14(13)12-16/h1-12H/t18-/m0/s1. The molecule has 0 aliphatic heterocycles. The van der Waals surface area contributed by atoms with Crippen molar-refractivity contribution in [2.45, 2.75) is 9.79 Å². The average Bonchev–Trinajstić information content (AvgIpc) is 2.47. The van der Waals surface area contributed by atoms with E-state index in [1.807, 2.05) is 66.7 Å². The molecule has 0 bridgehead atoms. The summed E-state index contributed by atoms with van der Waals surface area (Å²) in [6, 6.07) is 23.6. The van der Waals surface area contributed by atoms with Crippen LogP contribution in [-0.2, 0) is 10.8 Å². The molecule has 0 aliphatic carbocycles. The molecule has 2 heteroatoms. The Bertz CT molecular complexity index is 704. The topological polar surface area (TPSA) is 17.1 Å². The van der Waals surface area contributed by atoms with Crippen molar-refractivity contribution in [1.29, 1.82) is 0 Å². The van der Waals surface area contributed by atoms with Crippen molar-refractivity contribution < 1.29 is 4.21 Å². The minimum atomic E-state index is -1.10. The molecule has 0 saturated carbocycles. The van der Waals surface area contributed by atoms with E-state index >= 15 is 0 Å². The first-order valence-corrected chi connectivity index (χ1v) is 6.95. The zero-order valence-electron chi connectivity index (χ0n) is 9.74. The van der Waals surface area contributed by atoms with Gasteiger partial charge in [0.25, 0.3) is 0 Å². The van der Waals surface area contributed by atoms with Crippen molar-refractivity contribution in [2.24, 2.45) is 0 Å². The summed E-state index contributed by atoms with van der Waals surface area (Å²) in [5.41, 5.74) is 0. The summed E-state index contributed by atoms with van der Waals surface area (Å²) >= 11 is 0. The first-order valence-electron chi connectivity index (χ1n) is 5.80. The Morgan fingerprint density at radius 2 is 1.28 bits per heavy atom. The fraction of sp³-hybridized carbons (Fsp3) is 0. The summed E-state index contributed by atoms with van der Waals surface area (Å²) in [5.74, 6) is 0. The van der Waals surface area contributed by atoms with Crippen LogP contribution in [0.25, 0.3) is 10.8 Å². The van der Waals surface area contributed by atoms with Crippen molar-refractivity contribution in [3.63, 3.8) is 0 Å². The van der Waals surface area contributed by atoms with E-state index < -0.39 is 10.8 Å². The highest BCUT2D eigenvalue weighted by Crippen LogP contribution is 2.21. The predicted molar refractivity (Wildman–Crippen MR) is 75.1 cm³/mol. The third-order valence-electron chi connectivity index (χ3n) is 2.89. The smallest absolute Gasteiger partial charge is 0.0849 e. The van der Waals surface area contributed by atoms with Crippen molar-refractivity contribution in [1.82, 2.24) is 0 Å². The van der Waals surface area contributed by atoms with Gasteiger partial charge in [-0.1, -0.05) is 48.5 Å². The summed E-state index contributed by atoms with van der Waals surface area (Å²) in [6.45, 7) is 0. The van der Waals surface area contributed by atoms with Crippen molar-refractivity contribution in [2.75, 3.05) is 0 Å². The highest BCUT2D eigenvalue weighted by molar-refractivity contribution is 7.85. The molecule has 0 spiro atoms. The Hall–Kier alpha value is -1.93. The van der Waals surface area contributed by atoms with Crippen LogP contribution >= 0.6 is 0 Å². The van der Waals surface area contributed by atoms with E-state index in [1.54, 1.807) is 0 Å². The van der Waals surface area contributed by atoms with Gasteiger partial charge in [-0.25, -0.2) is 4.21 Å². The molecule has 0 unspecified atom stereocenters. The maximum absolute atomic E-state index is 12.4. The van der Waals surface area contributed by atoms with Crippen LogP contribution in [0, 0.1) is 0 Å². The van der Waals surface area contributed by atoms with Crippen LogP contribution in [0.15, 0.2) is 82.6 Å². The Balaban J connectivity index is 2.07. The largest absolute Gasteiger partial charge is 0.249 e. The molecule has 1 nitrogen and oxygen atoms in total. The van der Waals surface area contributed by atoms with E-state index in [2.05, 4.69) is 6.07 Å². The van der Waals surface area contributed by atoms with Crippen molar-refractivity contribution in [3.05, 3.63) is 72.8 Å². The van der Waals surface area contributed by atoms with Gasteiger partial charge < -0.3 is 0 Å². The summed E-state index contributed by atoms with van der Waals surface area (Å²) in [4.78, 5) is 1.69. The molecule has 3 aromatic carbocycles. The van der Waals surface area contributed by atoms with Crippen LogP contribution in [0.1, 0.15) is 0 Å². The Labute approximate surface area is 109 Å². The zero-order chi connectivity index (χ0) is 12.4. The quantitative estimate of drug-likeness (QED) is 0.673. The zero-order valence-corrected chi connectivity index (χ0v) is 10.6. The summed E-state index contributed by atoms with van der Waals surface area (Å²) in [6.07, 6.45) is 0. The van der Waals surface area contributed by atoms with E-state index in [0.29, 0.717) is 0 Å². The molecule has 3 aromatic rings. The second kappa shape index (κ2) is 4.75. The molecule has 0 radical (unpaired) electrons. The fourth-order valence-electron chi connectivity index (χ4n) is 1.96. The Morgan fingerprint density at radius 1 is 0.611 bits per heavy atom. The first-order chi connectivity index (χ1) is 8.84. The lowest BCUT2D eigenvalue weighted by atomic mass is 10.1. The van der Waals surface area contributed by atoms with Crippen LogP contribution < -0.4 is 0 Å². The SMILES string of the molecule is O=[S@@](c1ccccc1)c1ccc2ccccc2c1. The number of rotatable bonds is 2. The van der Waals surface area contributed by atoms with Crippen LogP contribution in [0.3, 0.4) is 0 Å². The van der Waals surface area contributed by atoms with Gasteiger partial charge in [0.1, 0.15) is 0 Å². The normalized spacial score (nSPS) is 12.4. The van der Waals surface area contributed by atoms with Gasteiger partial charge in [-0.3, -0.25) is 0 Å². The van der Waals surface area contributed by atoms with Crippen LogP contribution in [-0.4, -0.2) is 4.21 Å². The van der Waals surface area contributed by atoms with E-state index in [-0.39, 0.29) is 0 Å². The Morgan fingerprint density at radius 3 is 2.06 bits per heavy atom. The number of benzene rings is 3. The van der Waals surface area contributed by atoms with Gasteiger partial charge in [-0.2, -0.15) is 0 Å². The minimum absolute atomic E-state index is 0.841. The molecule has 18 heavy (non-hydrogen) atoms. The molecular weight excluding hydrogens is 240 g/mol. The molecule has 1 atom stereocenters. The lowest BCUT2D eigenvalue weighted by molar-refractivity contribution is 0.683. The second-order valence-corrected chi connectivity index (χ2v) is 5.57. The highest BCUT2D eigenvalue weighted by Gasteiger charge is 2.06. The first kappa shape index (κ1) is 11.2. The fourth-order valence-corrected chi connectivity index (χ4v) is 3.07. The number of fused-ring (bicyclic) bond motifs is 1. The lowest BCUT2D eigenvalue weighted by Gasteiger charge is -2.04. The number of hydrogen-bond acceptors (Lipinski definition) is 1. The van der Waals surface area contributed by atoms with E-state index in [9.17, 15) is 4.21 Å². The molecular formula is C16H12OS. The third-order valence-corrected chi connectivity index (χ3v) is 4.27. The molecule has 3 rings (SSSR count). The van der Waals surface area contributed by atoms with Crippen LogP contribution in [0.4, 0.5) is 0 Å². The van der Waals surface area contributed by atoms with E-state index in [0.717, 1.165) is 15.2 Å². The molecule has 0 heterocycles. The lowest BCUT2D eigenvalue weighted by Crippen LogP contribution is -1.92. The molecule has 0 fully saturated rings. The maximum atomic E-state index is 12.4. The number of hydrogen-bond donors (Lipinski definition) is 0. The summed E-state index contributed by atoms with van der Waals surface area (Å²) in [7, 11) is -1.10. The van der Waals surface area contributed by atoms with Gasteiger partial charge >= 0.3 is 0 Å². The van der Waals surface area contributed by atoms with Crippen LogP contribution in [0.2, 0.25) is 0 Å². The molecule has 0 saturated heterocycles. The molecule has 0 N–H and O–H groups in total. The predicted octanol–water partition coefficient (Wildman–Crippen LogP) is 4.01.